The molecular weight excluding hydrogens is 334 g/mol. The lowest BCUT2D eigenvalue weighted by Gasteiger charge is -2.26. The standard InChI is InChI=1S/C23H20N3O/c1-25(20-15-9-4-10-16-20)22-17-21(18-11-5-2-6-12-18)24-26(27)23(22)19-13-7-3-8-14-19/h2-17,23H,1H3/q+1. The number of allylic oxidation sites excluding steroid dienone is 1. The van der Waals surface area contributed by atoms with Gasteiger partial charge in [-0.1, -0.05) is 78.9 Å². The molecular formula is C23H20N3O+. The summed E-state index contributed by atoms with van der Waals surface area (Å²) in [5, 5.41) is 4.33. The van der Waals surface area contributed by atoms with Crippen molar-refractivity contribution in [1.82, 2.24) is 0 Å². The van der Waals surface area contributed by atoms with E-state index in [-0.39, 0.29) is 0 Å². The number of benzene rings is 3. The van der Waals surface area contributed by atoms with Crippen LogP contribution in [0.4, 0.5) is 5.69 Å². The third-order valence-electron chi connectivity index (χ3n) is 4.71. The van der Waals surface area contributed by atoms with Gasteiger partial charge in [-0.05, 0) is 18.2 Å². The number of nitrogens with zero attached hydrogens (tertiary/aromatic N) is 3. The minimum absolute atomic E-state index is 0.496. The molecule has 1 aliphatic heterocycles. The largest absolute Gasteiger partial charge is 0.342 e. The van der Waals surface area contributed by atoms with Crippen LogP contribution in [0.25, 0.3) is 0 Å². The van der Waals surface area contributed by atoms with Gasteiger partial charge in [0.1, 0.15) is 11.4 Å². The lowest BCUT2D eigenvalue weighted by atomic mass is 9.98. The number of rotatable bonds is 4. The Bertz CT molecular complexity index is 996. The zero-order valence-corrected chi connectivity index (χ0v) is 15.1. The fourth-order valence-corrected chi connectivity index (χ4v) is 3.29. The minimum atomic E-state index is -0.496. The topological polar surface area (TPSA) is 35.7 Å². The van der Waals surface area contributed by atoms with E-state index >= 15 is 0 Å². The first kappa shape index (κ1) is 16.9. The summed E-state index contributed by atoms with van der Waals surface area (Å²) in [4.78, 5) is 15.9. The number of anilines is 1. The quantitative estimate of drug-likeness (QED) is 0.622. The summed E-state index contributed by atoms with van der Waals surface area (Å²) in [6.07, 6.45) is 2.01. The summed E-state index contributed by atoms with van der Waals surface area (Å²) in [7, 11) is 1.98. The van der Waals surface area contributed by atoms with E-state index in [4.69, 9.17) is 0 Å². The Labute approximate surface area is 158 Å². The van der Waals surface area contributed by atoms with E-state index in [1.165, 1.54) is 0 Å². The van der Waals surface area contributed by atoms with E-state index in [0.717, 1.165) is 27.4 Å². The summed E-state index contributed by atoms with van der Waals surface area (Å²) in [6, 6.07) is 29.1. The van der Waals surface area contributed by atoms with E-state index < -0.39 is 6.04 Å². The van der Waals surface area contributed by atoms with E-state index in [1.54, 1.807) is 0 Å². The predicted octanol–water partition coefficient (Wildman–Crippen LogP) is 4.94. The Morgan fingerprint density at radius 3 is 2.00 bits per heavy atom. The molecule has 132 valence electrons. The maximum atomic E-state index is 13.0. The first-order valence-corrected chi connectivity index (χ1v) is 8.90. The van der Waals surface area contributed by atoms with Gasteiger partial charge in [0, 0.05) is 23.9 Å². The molecule has 0 aromatic heterocycles. The number of para-hydroxylation sites is 1. The van der Waals surface area contributed by atoms with Gasteiger partial charge in [0.25, 0.3) is 0 Å². The highest BCUT2D eigenvalue weighted by Gasteiger charge is 2.39. The highest BCUT2D eigenvalue weighted by Crippen LogP contribution is 2.33. The van der Waals surface area contributed by atoms with Crippen molar-refractivity contribution in [3.05, 3.63) is 119 Å². The molecule has 0 spiro atoms. The van der Waals surface area contributed by atoms with Gasteiger partial charge >= 0.3 is 6.04 Å². The first-order chi connectivity index (χ1) is 13.2. The molecule has 27 heavy (non-hydrogen) atoms. The number of likely N-dealkylation sites (N-methyl/N-ethyl adjacent to an activating group) is 1. The molecule has 1 aliphatic rings. The van der Waals surface area contributed by atoms with Gasteiger partial charge in [0.2, 0.25) is 0 Å². The van der Waals surface area contributed by atoms with Gasteiger partial charge in [0.15, 0.2) is 4.87 Å². The third kappa shape index (κ3) is 3.42. The van der Waals surface area contributed by atoms with Crippen LogP contribution in [0.3, 0.4) is 0 Å². The van der Waals surface area contributed by atoms with E-state index in [0.29, 0.717) is 5.71 Å². The van der Waals surface area contributed by atoms with Crippen molar-refractivity contribution in [2.45, 2.75) is 6.04 Å². The fourth-order valence-electron chi connectivity index (χ4n) is 3.29. The second kappa shape index (κ2) is 7.38. The van der Waals surface area contributed by atoms with Crippen LogP contribution in [0.5, 0.6) is 0 Å². The Morgan fingerprint density at radius 1 is 0.815 bits per heavy atom. The number of hydrazone groups is 1. The molecule has 0 amide bonds. The molecule has 0 bridgehead atoms. The van der Waals surface area contributed by atoms with Crippen LogP contribution in [0.15, 0.2) is 108 Å². The van der Waals surface area contributed by atoms with E-state index in [2.05, 4.69) is 10.0 Å². The summed E-state index contributed by atoms with van der Waals surface area (Å²) in [5.41, 5.74) is 4.40. The zero-order valence-electron chi connectivity index (χ0n) is 15.1. The maximum absolute atomic E-state index is 13.0. The molecule has 0 saturated heterocycles. The van der Waals surface area contributed by atoms with Crippen LogP contribution in [-0.2, 0) is 0 Å². The average Bonchev–Trinajstić information content (AvgIpc) is 2.74. The van der Waals surface area contributed by atoms with Crippen LogP contribution in [0.1, 0.15) is 17.2 Å². The molecule has 1 atom stereocenters. The van der Waals surface area contributed by atoms with Crippen molar-refractivity contribution in [3.8, 4) is 0 Å². The molecule has 0 N–H and O–H groups in total. The number of hydrogen-bond donors (Lipinski definition) is 0. The van der Waals surface area contributed by atoms with Gasteiger partial charge < -0.3 is 4.90 Å². The van der Waals surface area contributed by atoms with Crippen molar-refractivity contribution in [1.29, 1.82) is 0 Å². The van der Waals surface area contributed by atoms with Crippen molar-refractivity contribution in [3.63, 3.8) is 0 Å². The van der Waals surface area contributed by atoms with Crippen molar-refractivity contribution >= 4 is 11.4 Å². The van der Waals surface area contributed by atoms with Crippen LogP contribution in [-0.4, -0.2) is 17.6 Å². The van der Waals surface area contributed by atoms with Gasteiger partial charge in [-0.15, -0.1) is 0 Å². The van der Waals surface area contributed by atoms with E-state index in [1.807, 2.05) is 104 Å². The highest BCUT2D eigenvalue weighted by molar-refractivity contribution is 6.09. The van der Waals surface area contributed by atoms with Gasteiger partial charge in [-0.25, -0.2) is 0 Å². The minimum Gasteiger partial charge on any atom is -0.342 e. The van der Waals surface area contributed by atoms with Crippen LogP contribution in [0, 0.1) is 4.91 Å². The molecule has 0 radical (unpaired) electrons. The molecule has 0 aliphatic carbocycles. The molecule has 1 unspecified atom stereocenters. The Hall–Kier alpha value is -3.53. The number of nitroso groups, excluding NO2 is 1. The van der Waals surface area contributed by atoms with Crippen LogP contribution < -0.4 is 4.90 Å². The summed E-state index contributed by atoms with van der Waals surface area (Å²) in [5.74, 6) is 0. The average molecular weight is 354 g/mol. The molecule has 0 saturated carbocycles. The van der Waals surface area contributed by atoms with Crippen LogP contribution in [0.2, 0.25) is 0 Å². The normalized spacial score (nSPS) is 16.5. The van der Waals surface area contributed by atoms with Crippen molar-refractivity contribution < 1.29 is 4.87 Å². The van der Waals surface area contributed by atoms with Gasteiger partial charge in [-0.3, -0.25) is 0 Å². The lowest BCUT2D eigenvalue weighted by Crippen LogP contribution is -2.31. The SMILES string of the molecule is CN(C1=CC(c2ccccc2)=N[N+](=O)C1c1ccccc1)c1ccccc1. The maximum Gasteiger partial charge on any atom is 0.302 e. The molecule has 1 heterocycles. The second-order valence-corrected chi connectivity index (χ2v) is 6.43. The summed E-state index contributed by atoms with van der Waals surface area (Å²) in [6.45, 7) is 0. The predicted molar refractivity (Wildman–Crippen MR) is 109 cm³/mol. The number of hydrogen-bond acceptors (Lipinski definition) is 2. The molecule has 4 nitrogen and oxygen atoms in total. The van der Waals surface area contributed by atoms with Crippen molar-refractivity contribution in [2.75, 3.05) is 11.9 Å². The third-order valence-corrected chi connectivity index (χ3v) is 4.71. The molecule has 3 aromatic carbocycles. The first-order valence-electron chi connectivity index (χ1n) is 8.90. The zero-order chi connectivity index (χ0) is 18.6. The molecule has 4 rings (SSSR count). The Balaban J connectivity index is 1.82. The monoisotopic (exact) mass is 354 g/mol. The van der Waals surface area contributed by atoms with Gasteiger partial charge in [0.05, 0.1) is 10.0 Å². The van der Waals surface area contributed by atoms with Crippen molar-refractivity contribution in [2.24, 2.45) is 5.10 Å². The molecule has 3 aromatic rings. The highest BCUT2D eigenvalue weighted by atomic mass is 16.3. The van der Waals surface area contributed by atoms with Crippen LogP contribution >= 0.6 is 0 Å². The fraction of sp³-hybridized carbons (Fsp3) is 0.0870. The Morgan fingerprint density at radius 2 is 1.37 bits per heavy atom. The van der Waals surface area contributed by atoms with E-state index in [9.17, 15) is 4.91 Å². The summed E-state index contributed by atoms with van der Waals surface area (Å²) < 4.78 is 0. The summed E-state index contributed by atoms with van der Waals surface area (Å²) >= 11 is 0. The molecule has 0 fully saturated rings. The molecule has 4 heteroatoms. The lowest BCUT2D eigenvalue weighted by molar-refractivity contribution is -0.590. The Kier molecular flexibility index (Phi) is 4.62. The smallest absolute Gasteiger partial charge is 0.302 e. The van der Waals surface area contributed by atoms with Gasteiger partial charge in [-0.2, -0.15) is 0 Å². The second-order valence-electron chi connectivity index (χ2n) is 6.43.